The lowest BCUT2D eigenvalue weighted by molar-refractivity contribution is -0.302. The number of hydrogen-bond donors (Lipinski definition) is 6. The molecule has 9 heteroatoms. The molecular formula is C51H91NO8. The van der Waals surface area contributed by atoms with E-state index in [1.165, 1.54) is 96.3 Å². The minimum atomic E-state index is -1.55. The molecule has 0 bridgehead atoms. The molecule has 1 heterocycles. The van der Waals surface area contributed by atoms with Crippen molar-refractivity contribution in [3.63, 3.8) is 0 Å². The minimum absolute atomic E-state index is 0.142. The summed E-state index contributed by atoms with van der Waals surface area (Å²) in [6.45, 7) is 3.59. The van der Waals surface area contributed by atoms with Gasteiger partial charge in [0.1, 0.15) is 24.4 Å². The van der Waals surface area contributed by atoms with Crippen LogP contribution in [0.25, 0.3) is 0 Å². The van der Waals surface area contributed by atoms with Crippen LogP contribution >= 0.6 is 0 Å². The van der Waals surface area contributed by atoms with Crippen molar-refractivity contribution < 1.29 is 39.8 Å². The van der Waals surface area contributed by atoms with Crippen molar-refractivity contribution in [1.29, 1.82) is 0 Å². The lowest BCUT2D eigenvalue weighted by Gasteiger charge is -2.40. The van der Waals surface area contributed by atoms with Gasteiger partial charge in [0.05, 0.1) is 25.4 Å². The van der Waals surface area contributed by atoms with Crippen LogP contribution in [0.1, 0.15) is 200 Å². The topological polar surface area (TPSA) is 149 Å². The van der Waals surface area contributed by atoms with Crippen LogP contribution in [0, 0.1) is 0 Å². The van der Waals surface area contributed by atoms with Crippen molar-refractivity contribution in [2.75, 3.05) is 13.2 Å². The molecule has 7 atom stereocenters. The van der Waals surface area contributed by atoms with E-state index in [4.69, 9.17) is 9.47 Å². The summed E-state index contributed by atoms with van der Waals surface area (Å²) in [7, 11) is 0. The van der Waals surface area contributed by atoms with E-state index in [9.17, 15) is 30.3 Å². The quantitative estimate of drug-likeness (QED) is 0.0264. The SMILES string of the molecule is CC/C=C\C/C=C\C/C=C\C/C=C\C/C=C\CCCCCCCCCCCCCCCCCCCC(=O)NC(COC1OC(CO)C(O)C(O)C1O)C(O)CCCCCC. The van der Waals surface area contributed by atoms with E-state index in [0.717, 1.165) is 77.0 Å². The fourth-order valence-corrected chi connectivity index (χ4v) is 7.48. The lowest BCUT2D eigenvalue weighted by Crippen LogP contribution is -2.60. The van der Waals surface area contributed by atoms with Crippen molar-refractivity contribution in [2.24, 2.45) is 0 Å². The number of amides is 1. The van der Waals surface area contributed by atoms with Crippen molar-refractivity contribution >= 4 is 5.91 Å². The summed E-state index contributed by atoms with van der Waals surface area (Å²) in [5.74, 6) is -0.155. The molecule has 1 aliphatic heterocycles. The van der Waals surface area contributed by atoms with Crippen LogP contribution in [0.5, 0.6) is 0 Å². The van der Waals surface area contributed by atoms with Gasteiger partial charge in [-0.15, -0.1) is 0 Å². The Morgan fingerprint density at radius 2 is 1.03 bits per heavy atom. The number of aliphatic hydroxyl groups is 5. The molecule has 1 fully saturated rings. The molecule has 348 valence electrons. The highest BCUT2D eigenvalue weighted by molar-refractivity contribution is 5.76. The molecule has 1 aliphatic rings. The predicted octanol–water partition coefficient (Wildman–Crippen LogP) is 10.8. The van der Waals surface area contributed by atoms with Crippen LogP contribution in [-0.2, 0) is 14.3 Å². The zero-order chi connectivity index (χ0) is 43.7. The molecule has 0 aromatic rings. The highest BCUT2D eigenvalue weighted by atomic mass is 16.7. The molecule has 0 spiro atoms. The summed E-state index contributed by atoms with van der Waals surface area (Å²) >= 11 is 0. The largest absolute Gasteiger partial charge is 0.394 e. The van der Waals surface area contributed by atoms with Gasteiger partial charge in [0.2, 0.25) is 5.91 Å². The van der Waals surface area contributed by atoms with Crippen molar-refractivity contribution in [3.05, 3.63) is 60.8 Å². The number of nitrogens with one attached hydrogen (secondary N) is 1. The fraction of sp³-hybridized carbons (Fsp3) is 0.784. The highest BCUT2D eigenvalue weighted by Crippen LogP contribution is 2.23. The Morgan fingerprint density at radius 1 is 0.583 bits per heavy atom. The second kappa shape index (κ2) is 40.9. The van der Waals surface area contributed by atoms with E-state index in [2.05, 4.69) is 79.9 Å². The summed E-state index contributed by atoms with van der Waals surface area (Å²) in [6, 6.07) is -0.715. The van der Waals surface area contributed by atoms with Gasteiger partial charge in [-0.3, -0.25) is 4.79 Å². The molecule has 6 N–H and O–H groups in total. The molecule has 7 unspecified atom stereocenters. The van der Waals surface area contributed by atoms with E-state index in [1.807, 2.05) is 0 Å². The molecule has 1 rings (SSSR count). The van der Waals surface area contributed by atoms with Gasteiger partial charge in [0, 0.05) is 6.42 Å². The average Bonchev–Trinajstić information content (AvgIpc) is 3.25. The van der Waals surface area contributed by atoms with Gasteiger partial charge in [-0.05, 0) is 57.8 Å². The zero-order valence-electron chi connectivity index (χ0n) is 38.2. The van der Waals surface area contributed by atoms with E-state index in [1.54, 1.807) is 0 Å². The Kier molecular flexibility index (Phi) is 38.1. The molecule has 1 saturated heterocycles. The van der Waals surface area contributed by atoms with Gasteiger partial charge in [0.15, 0.2) is 6.29 Å². The van der Waals surface area contributed by atoms with Crippen LogP contribution in [0.3, 0.4) is 0 Å². The van der Waals surface area contributed by atoms with Gasteiger partial charge >= 0.3 is 0 Å². The smallest absolute Gasteiger partial charge is 0.220 e. The van der Waals surface area contributed by atoms with E-state index in [0.29, 0.717) is 12.8 Å². The first-order valence-corrected chi connectivity index (χ1v) is 24.5. The monoisotopic (exact) mass is 846 g/mol. The Morgan fingerprint density at radius 3 is 1.52 bits per heavy atom. The maximum Gasteiger partial charge on any atom is 0.220 e. The number of ether oxygens (including phenoxy) is 2. The Hall–Kier alpha value is -2.11. The van der Waals surface area contributed by atoms with Gasteiger partial charge in [-0.25, -0.2) is 0 Å². The summed E-state index contributed by atoms with van der Waals surface area (Å²) in [5, 5.41) is 53.8. The van der Waals surface area contributed by atoms with Crippen molar-refractivity contribution in [3.8, 4) is 0 Å². The van der Waals surface area contributed by atoms with Gasteiger partial charge in [-0.2, -0.15) is 0 Å². The second-order valence-corrected chi connectivity index (χ2v) is 16.9. The average molecular weight is 846 g/mol. The summed E-state index contributed by atoms with van der Waals surface area (Å²) in [4.78, 5) is 12.8. The lowest BCUT2D eigenvalue weighted by atomic mass is 9.99. The van der Waals surface area contributed by atoms with E-state index >= 15 is 0 Å². The van der Waals surface area contributed by atoms with Crippen LogP contribution in [0.2, 0.25) is 0 Å². The second-order valence-electron chi connectivity index (χ2n) is 16.9. The Bertz CT molecular complexity index is 1120. The minimum Gasteiger partial charge on any atom is -0.394 e. The van der Waals surface area contributed by atoms with E-state index < -0.39 is 49.5 Å². The standard InChI is InChI=1S/C51H91NO8/c1-3-5-7-9-10-11-12-13-14-15-16-17-18-19-20-21-22-23-24-25-26-27-28-29-30-31-32-33-34-35-36-37-39-41-47(55)52-44(45(54)40-38-8-6-4-2)43-59-51-50(58)49(57)48(56)46(42-53)60-51/h5,7,10-11,13-14,16-17,19-20,44-46,48-51,53-54,56-58H,3-4,6,8-9,12,15,18,21-43H2,1-2H3,(H,52,55)/b7-5-,11-10-,14-13-,17-16-,20-19-. The van der Waals surface area contributed by atoms with Crippen LogP contribution in [0.15, 0.2) is 60.8 Å². The first-order valence-electron chi connectivity index (χ1n) is 24.5. The number of unbranched alkanes of at least 4 members (excludes halogenated alkanes) is 20. The van der Waals surface area contributed by atoms with Crippen molar-refractivity contribution in [2.45, 2.75) is 243 Å². The fourth-order valence-electron chi connectivity index (χ4n) is 7.48. The van der Waals surface area contributed by atoms with E-state index in [-0.39, 0.29) is 12.5 Å². The number of rotatable bonds is 40. The molecule has 0 radical (unpaired) electrons. The van der Waals surface area contributed by atoms with Crippen LogP contribution < -0.4 is 5.32 Å². The third-order valence-corrected chi connectivity index (χ3v) is 11.4. The zero-order valence-corrected chi connectivity index (χ0v) is 38.2. The molecular weight excluding hydrogens is 755 g/mol. The number of carbonyl (C=O) groups is 1. The summed E-state index contributed by atoms with van der Waals surface area (Å²) in [6.07, 6.45) is 47.5. The van der Waals surface area contributed by atoms with Gasteiger partial charge in [0.25, 0.3) is 0 Å². The molecule has 1 amide bonds. The Balaban J connectivity index is 2.01. The summed E-state index contributed by atoms with van der Waals surface area (Å²) in [5.41, 5.74) is 0. The molecule has 0 saturated carbocycles. The first kappa shape index (κ1) is 55.9. The van der Waals surface area contributed by atoms with Crippen molar-refractivity contribution in [1.82, 2.24) is 5.32 Å². The number of aliphatic hydroxyl groups excluding tert-OH is 5. The number of carbonyl (C=O) groups excluding carboxylic acids is 1. The number of hydrogen-bond acceptors (Lipinski definition) is 8. The van der Waals surface area contributed by atoms with Crippen LogP contribution in [-0.4, -0.2) is 87.5 Å². The third kappa shape index (κ3) is 30.8. The first-order chi connectivity index (χ1) is 29.3. The molecule has 0 aliphatic carbocycles. The Labute approximate surface area is 366 Å². The predicted molar refractivity (Wildman–Crippen MR) is 249 cm³/mol. The molecule has 0 aromatic heterocycles. The van der Waals surface area contributed by atoms with Gasteiger partial charge < -0.3 is 40.3 Å². The molecule has 9 nitrogen and oxygen atoms in total. The molecule has 0 aromatic carbocycles. The maximum absolute atomic E-state index is 12.8. The normalized spacial score (nSPS) is 21.1. The number of allylic oxidation sites excluding steroid dienone is 10. The van der Waals surface area contributed by atoms with Gasteiger partial charge in [-0.1, -0.05) is 197 Å². The highest BCUT2D eigenvalue weighted by Gasteiger charge is 2.44. The maximum atomic E-state index is 12.8. The summed E-state index contributed by atoms with van der Waals surface area (Å²) < 4.78 is 11.1. The third-order valence-electron chi connectivity index (χ3n) is 11.4. The van der Waals surface area contributed by atoms with Crippen LogP contribution in [0.4, 0.5) is 0 Å². The molecule has 60 heavy (non-hydrogen) atoms.